The van der Waals surface area contributed by atoms with Crippen molar-refractivity contribution in [2.45, 2.75) is 25.3 Å². The number of rotatable bonds is 7. The van der Waals surface area contributed by atoms with Crippen molar-refractivity contribution in [2.75, 3.05) is 18.4 Å². The zero-order valence-electron chi connectivity index (χ0n) is 21.2. The fraction of sp³-hybridized carbons (Fsp3) is 0.200. The first-order valence-corrected chi connectivity index (χ1v) is 13.7. The maximum absolute atomic E-state index is 13.7. The number of benzene rings is 2. The van der Waals surface area contributed by atoms with E-state index in [2.05, 4.69) is 31.3 Å². The Morgan fingerprint density at radius 1 is 1.05 bits per heavy atom. The Labute approximate surface area is 234 Å². The first kappa shape index (κ1) is 25.1. The zero-order chi connectivity index (χ0) is 26.6. The third kappa shape index (κ3) is 5.49. The molecule has 3 aromatic heterocycles. The highest BCUT2D eigenvalue weighted by atomic mass is 79.9. The first-order chi connectivity index (χ1) is 19.2. The van der Waals surface area contributed by atoms with Gasteiger partial charge in [0.1, 0.15) is 17.3 Å². The molecule has 1 atom stereocenters. The molecule has 8 nitrogen and oxygen atoms in total. The first-order valence-electron chi connectivity index (χ1n) is 12.9. The van der Waals surface area contributed by atoms with Crippen LogP contribution in [0.1, 0.15) is 40.4 Å². The number of nitrogens with one attached hydrogen (secondary N) is 1. The monoisotopic (exact) mass is 582 g/mol. The van der Waals surface area contributed by atoms with E-state index in [1.54, 1.807) is 16.9 Å². The van der Waals surface area contributed by atoms with Crippen LogP contribution in [0.25, 0.3) is 5.65 Å². The lowest BCUT2D eigenvalue weighted by Gasteiger charge is -2.33. The summed E-state index contributed by atoms with van der Waals surface area (Å²) in [7, 11) is 0. The lowest BCUT2D eigenvalue weighted by molar-refractivity contribution is 0.0703. The highest BCUT2D eigenvalue weighted by Crippen LogP contribution is 2.32. The summed E-state index contributed by atoms with van der Waals surface area (Å²) < 4.78 is 8.70. The maximum Gasteiger partial charge on any atom is 0.257 e. The van der Waals surface area contributed by atoms with Gasteiger partial charge in [-0.1, -0.05) is 36.4 Å². The van der Waals surface area contributed by atoms with E-state index in [1.807, 2.05) is 83.9 Å². The van der Waals surface area contributed by atoms with Crippen molar-refractivity contribution < 1.29 is 9.53 Å². The van der Waals surface area contributed by atoms with E-state index in [0.29, 0.717) is 36.7 Å². The van der Waals surface area contributed by atoms with E-state index < -0.39 is 0 Å². The molecule has 0 bridgehead atoms. The fourth-order valence-electron chi connectivity index (χ4n) is 4.91. The highest BCUT2D eigenvalue weighted by molar-refractivity contribution is 9.10. The van der Waals surface area contributed by atoms with Gasteiger partial charge in [-0.25, -0.2) is 4.98 Å². The maximum atomic E-state index is 13.7. The molecule has 0 aliphatic carbocycles. The van der Waals surface area contributed by atoms with Crippen molar-refractivity contribution in [3.63, 3.8) is 0 Å². The average molecular weight is 583 g/mol. The largest absolute Gasteiger partial charge is 0.457 e. The number of para-hydroxylation sites is 2. The van der Waals surface area contributed by atoms with E-state index in [9.17, 15) is 4.79 Å². The predicted molar refractivity (Wildman–Crippen MR) is 153 cm³/mol. The number of pyridine rings is 1. The lowest BCUT2D eigenvalue weighted by atomic mass is 9.93. The van der Waals surface area contributed by atoms with Crippen molar-refractivity contribution in [3.05, 3.63) is 113 Å². The number of aromatic nitrogens is 4. The van der Waals surface area contributed by atoms with Gasteiger partial charge in [0.15, 0.2) is 5.65 Å². The molecule has 0 spiro atoms. The van der Waals surface area contributed by atoms with Crippen LogP contribution in [0.5, 0.6) is 11.5 Å². The van der Waals surface area contributed by atoms with Crippen molar-refractivity contribution >= 4 is 33.3 Å². The number of ether oxygens (including phenoxy) is 1. The van der Waals surface area contributed by atoms with Gasteiger partial charge in [0.2, 0.25) is 0 Å². The summed E-state index contributed by atoms with van der Waals surface area (Å²) in [6.07, 6.45) is 7.20. The molecule has 9 heteroatoms. The molecule has 1 saturated heterocycles. The molecule has 1 amide bonds. The third-order valence-corrected chi connectivity index (χ3v) is 7.42. The number of halogens is 1. The lowest BCUT2D eigenvalue weighted by Crippen LogP contribution is -2.39. The van der Waals surface area contributed by atoms with Gasteiger partial charge in [-0.05, 0) is 64.7 Å². The Morgan fingerprint density at radius 2 is 1.90 bits per heavy atom. The zero-order valence-corrected chi connectivity index (χ0v) is 22.8. The predicted octanol–water partition coefficient (Wildman–Crippen LogP) is 6.31. The molecule has 0 saturated carbocycles. The second-order valence-electron chi connectivity index (χ2n) is 9.51. The van der Waals surface area contributed by atoms with Gasteiger partial charge in [0.05, 0.1) is 21.9 Å². The summed E-state index contributed by atoms with van der Waals surface area (Å²) in [6, 6.07) is 23.0. The second-order valence-corrected chi connectivity index (χ2v) is 10.4. The molecular formula is C30H27BrN6O2. The molecule has 1 aliphatic rings. The summed E-state index contributed by atoms with van der Waals surface area (Å²) in [6.45, 7) is 1.88. The number of likely N-dealkylation sites (tertiary alicyclic amines) is 1. The van der Waals surface area contributed by atoms with Crippen LogP contribution in [0.15, 0.2) is 95.9 Å². The van der Waals surface area contributed by atoms with E-state index >= 15 is 0 Å². The Hall–Kier alpha value is -4.24. The number of nitrogens with zero attached hydrogens (tertiary/aromatic N) is 5. The van der Waals surface area contributed by atoms with Crippen molar-refractivity contribution in [2.24, 2.45) is 0 Å². The minimum absolute atomic E-state index is 0.0345. The van der Waals surface area contributed by atoms with Gasteiger partial charge in [-0.2, -0.15) is 9.61 Å². The molecule has 1 N–H and O–H groups in total. The summed E-state index contributed by atoms with van der Waals surface area (Å²) in [5, 5.41) is 7.98. The third-order valence-electron chi connectivity index (χ3n) is 6.86. The number of amides is 1. The molecule has 6 rings (SSSR count). The number of carbonyl (C=O) groups is 1. The summed E-state index contributed by atoms with van der Waals surface area (Å²) in [4.78, 5) is 24.8. The van der Waals surface area contributed by atoms with E-state index in [1.165, 1.54) is 0 Å². The molecule has 196 valence electrons. The minimum Gasteiger partial charge on any atom is -0.457 e. The molecule has 0 radical (unpaired) electrons. The van der Waals surface area contributed by atoms with Crippen LogP contribution >= 0.6 is 15.9 Å². The smallest absolute Gasteiger partial charge is 0.257 e. The highest BCUT2D eigenvalue weighted by Gasteiger charge is 2.29. The van der Waals surface area contributed by atoms with Gasteiger partial charge in [-0.15, -0.1) is 0 Å². The van der Waals surface area contributed by atoms with Gasteiger partial charge in [0.25, 0.3) is 5.91 Å². The number of carbonyl (C=O) groups excluding carboxylic acids is 1. The Kier molecular flexibility index (Phi) is 7.23. The van der Waals surface area contributed by atoms with Gasteiger partial charge >= 0.3 is 0 Å². The van der Waals surface area contributed by atoms with Crippen LogP contribution in [0.3, 0.4) is 0 Å². The van der Waals surface area contributed by atoms with Crippen LogP contribution in [0, 0.1) is 0 Å². The Bertz CT molecular complexity index is 1590. The topological polar surface area (TPSA) is 84.7 Å². The van der Waals surface area contributed by atoms with E-state index in [-0.39, 0.29) is 11.8 Å². The summed E-state index contributed by atoms with van der Waals surface area (Å²) >= 11 is 3.59. The standard InChI is InChI=1S/C30H27BrN6O2/c31-25-19-34-37-28(33-18-21-8-6-14-32-17-21)16-26(35-29(25)37)22-9-7-15-36(20-22)30(38)24-12-4-5-13-27(24)39-23-10-2-1-3-11-23/h1-6,8,10-14,16-17,19,22,33H,7,9,15,18,20H2. The van der Waals surface area contributed by atoms with Crippen molar-refractivity contribution in [3.8, 4) is 11.5 Å². The van der Waals surface area contributed by atoms with Crippen LogP contribution in [0.2, 0.25) is 0 Å². The van der Waals surface area contributed by atoms with E-state index in [0.717, 1.165) is 40.0 Å². The van der Waals surface area contributed by atoms with Crippen LogP contribution < -0.4 is 10.1 Å². The molecule has 5 aromatic rings. The molecular weight excluding hydrogens is 556 g/mol. The number of hydrogen-bond acceptors (Lipinski definition) is 6. The molecule has 4 heterocycles. The quantitative estimate of drug-likeness (QED) is 0.242. The van der Waals surface area contributed by atoms with Crippen molar-refractivity contribution in [1.82, 2.24) is 24.5 Å². The molecule has 1 aliphatic heterocycles. The Morgan fingerprint density at radius 3 is 2.74 bits per heavy atom. The van der Waals surface area contributed by atoms with Crippen LogP contribution in [0.4, 0.5) is 5.82 Å². The number of anilines is 1. The second kappa shape index (κ2) is 11.2. The van der Waals surface area contributed by atoms with Gasteiger partial charge < -0.3 is 15.0 Å². The van der Waals surface area contributed by atoms with Gasteiger partial charge in [0, 0.05) is 44.0 Å². The number of hydrogen-bond donors (Lipinski definition) is 1. The molecule has 2 aromatic carbocycles. The average Bonchev–Trinajstić information content (AvgIpc) is 3.37. The summed E-state index contributed by atoms with van der Waals surface area (Å²) in [5.74, 6) is 2.16. The van der Waals surface area contributed by atoms with E-state index in [4.69, 9.17) is 9.72 Å². The van der Waals surface area contributed by atoms with Crippen LogP contribution in [-0.4, -0.2) is 43.5 Å². The minimum atomic E-state index is -0.0345. The Balaban J connectivity index is 1.25. The molecule has 1 unspecified atom stereocenters. The fourth-order valence-corrected chi connectivity index (χ4v) is 5.25. The summed E-state index contributed by atoms with van der Waals surface area (Å²) in [5.41, 5.74) is 3.30. The normalized spacial score (nSPS) is 15.3. The van der Waals surface area contributed by atoms with Gasteiger partial charge in [-0.3, -0.25) is 9.78 Å². The molecule has 1 fully saturated rings. The van der Waals surface area contributed by atoms with Crippen LogP contribution in [-0.2, 0) is 6.54 Å². The van der Waals surface area contributed by atoms with Crippen molar-refractivity contribution in [1.29, 1.82) is 0 Å². The number of fused-ring (bicyclic) bond motifs is 1. The molecule has 39 heavy (non-hydrogen) atoms. The number of piperidine rings is 1. The SMILES string of the molecule is O=C(c1ccccc1Oc1ccccc1)N1CCCC(c2cc(NCc3cccnc3)n3ncc(Br)c3n2)C1.